The SMILES string of the molecule is COCCOc1ccc([C@H](C)NC(=O)c2ccc(F)cc2)cc1OC. The molecule has 0 saturated carbocycles. The first-order valence-corrected chi connectivity index (χ1v) is 7.91. The number of ether oxygens (including phenoxy) is 3. The van der Waals surface area contributed by atoms with Crippen molar-refractivity contribution < 1.29 is 23.4 Å². The first-order valence-electron chi connectivity index (χ1n) is 7.91. The number of methoxy groups -OCH3 is 2. The Balaban J connectivity index is 2.06. The zero-order valence-corrected chi connectivity index (χ0v) is 14.5. The van der Waals surface area contributed by atoms with Crippen LogP contribution in [0.15, 0.2) is 42.5 Å². The average molecular weight is 347 g/mol. The van der Waals surface area contributed by atoms with Crippen molar-refractivity contribution >= 4 is 5.91 Å². The van der Waals surface area contributed by atoms with Gasteiger partial charge in [-0.2, -0.15) is 0 Å². The molecule has 0 radical (unpaired) electrons. The second kappa shape index (κ2) is 9.03. The molecular weight excluding hydrogens is 325 g/mol. The fraction of sp³-hybridized carbons (Fsp3) is 0.316. The molecule has 0 heterocycles. The summed E-state index contributed by atoms with van der Waals surface area (Å²) in [6.07, 6.45) is 0. The highest BCUT2D eigenvalue weighted by atomic mass is 19.1. The van der Waals surface area contributed by atoms with Crippen LogP contribution in [0.5, 0.6) is 11.5 Å². The van der Waals surface area contributed by atoms with Crippen LogP contribution >= 0.6 is 0 Å². The van der Waals surface area contributed by atoms with Gasteiger partial charge in [-0.05, 0) is 48.9 Å². The van der Waals surface area contributed by atoms with Crippen molar-refractivity contribution in [3.63, 3.8) is 0 Å². The second-order valence-corrected chi connectivity index (χ2v) is 5.45. The van der Waals surface area contributed by atoms with Gasteiger partial charge in [0.05, 0.1) is 19.8 Å². The maximum absolute atomic E-state index is 12.9. The van der Waals surface area contributed by atoms with Gasteiger partial charge in [0, 0.05) is 12.7 Å². The Morgan fingerprint density at radius 2 is 1.80 bits per heavy atom. The number of halogens is 1. The summed E-state index contributed by atoms with van der Waals surface area (Å²) in [4.78, 5) is 12.2. The number of carbonyl (C=O) groups is 1. The number of benzene rings is 2. The standard InChI is InChI=1S/C19H22FNO4/c1-13(21-19(22)14-4-7-16(20)8-5-14)15-6-9-17(18(12-15)24-3)25-11-10-23-2/h4-9,12-13H,10-11H2,1-3H3,(H,21,22)/t13-/m0/s1. The van der Waals surface area contributed by atoms with Gasteiger partial charge in [-0.1, -0.05) is 6.07 Å². The molecule has 0 aliphatic rings. The zero-order chi connectivity index (χ0) is 18.2. The smallest absolute Gasteiger partial charge is 0.251 e. The average Bonchev–Trinajstić information content (AvgIpc) is 2.62. The minimum absolute atomic E-state index is 0.250. The van der Waals surface area contributed by atoms with Crippen LogP contribution in [0.3, 0.4) is 0 Å². The summed E-state index contributed by atoms with van der Waals surface area (Å²) < 4.78 is 28.8. The summed E-state index contributed by atoms with van der Waals surface area (Å²) in [5.41, 5.74) is 1.27. The Kier molecular flexibility index (Phi) is 6.77. The molecule has 2 aromatic rings. The van der Waals surface area contributed by atoms with E-state index in [1.807, 2.05) is 19.1 Å². The topological polar surface area (TPSA) is 56.8 Å². The predicted octanol–water partition coefficient (Wildman–Crippen LogP) is 3.35. The minimum atomic E-state index is -0.376. The molecule has 25 heavy (non-hydrogen) atoms. The lowest BCUT2D eigenvalue weighted by atomic mass is 10.1. The highest BCUT2D eigenvalue weighted by Crippen LogP contribution is 2.30. The van der Waals surface area contributed by atoms with Gasteiger partial charge in [-0.15, -0.1) is 0 Å². The molecule has 0 spiro atoms. The number of hydrogen-bond acceptors (Lipinski definition) is 4. The third kappa shape index (κ3) is 5.19. The Hall–Kier alpha value is -2.60. The largest absolute Gasteiger partial charge is 0.493 e. The molecule has 0 aromatic heterocycles. The Labute approximate surface area is 146 Å². The summed E-state index contributed by atoms with van der Waals surface area (Å²) in [6.45, 7) is 2.76. The van der Waals surface area contributed by atoms with Crippen LogP contribution in [-0.4, -0.2) is 33.3 Å². The Morgan fingerprint density at radius 1 is 1.08 bits per heavy atom. The summed E-state index contributed by atoms with van der Waals surface area (Å²) in [7, 11) is 3.17. The van der Waals surface area contributed by atoms with E-state index in [1.165, 1.54) is 24.3 Å². The lowest BCUT2D eigenvalue weighted by molar-refractivity contribution is 0.0939. The maximum Gasteiger partial charge on any atom is 0.251 e. The molecule has 5 nitrogen and oxygen atoms in total. The normalized spacial score (nSPS) is 11.7. The van der Waals surface area contributed by atoms with Crippen molar-refractivity contribution in [3.8, 4) is 11.5 Å². The molecule has 134 valence electrons. The first-order chi connectivity index (χ1) is 12.0. The van der Waals surface area contributed by atoms with E-state index in [2.05, 4.69) is 5.32 Å². The van der Waals surface area contributed by atoms with Crippen molar-refractivity contribution in [1.82, 2.24) is 5.32 Å². The highest BCUT2D eigenvalue weighted by Gasteiger charge is 2.14. The van der Waals surface area contributed by atoms with E-state index in [9.17, 15) is 9.18 Å². The van der Waals surface area contributed by atoms with Crippen LogP contribution in [-0.2, 0) is 4.74 Å². The molecule has 0 saturated heterocycles. The van der Waals surface area contributed by atoms with Gasteiger partial charge in [-0.25, -0.2) is 4.39 Å². The number of amides is 1. The lowest BCUT2D eigenvalue weighted by Crippen LogP contribution is -2.26. The summed E-state index contributed by atoms with van der Waals surface area (Å²) in [6, 6.07) is 10.6. The monoisotopic (exact) mass is 347 g/mol. The fourth-order valence-electron chi connectivity index (χ4n) is 2.27. The van der Waals surface area contributed by atoms with Gasteiger partial charge in [0.25, 0.3) is 5.91 Å². The van der Waals surface area contributed by atoms with Gasteiger partial charge in [0.1, 0.15) is 12.4 Å². The molecule has 1 amide bonds. The van der Waals surface area contributed by atoms with Crippen LogP contribution in [0.2, 0.25) is 0 Å². The molecule has 2 aromatic carbocycles. The molecule has 0 fully saturated rings. The third-order valence-corrected chi connectivity index (χ3v) is 3.69. The van der Waals surface area contributed by atoms with E-state index in [0.717, 1.165) is 5.56 Å². The van der Waals surface area contributed by atoms with Crippen LogP contribution in [0, 0.1) is 5.82 Å². The highest BCUT2D eigenvalue weighted by molar-refractivity contribution is 5.94. The van der Waals surface area contributed by atoms with E-state index in [1.54, 1.807) is 20.3 Å². The Bertz CT molecular complexity index is 703. The number of hydrogen-bond donors (Lipinski definition) is 1. The number of nitrogens with one attached hydrogen (secondary N) is 1. The first kappa shape index (κ1) is 18.7. The zero-order valence-electron chi connectivity index (χ0n) is 14.5. The van der Waals surface area contributed by atoms with Crippen LogP contribution in [0.25, 0.3) is 0 Å². The van der Waals surface area contributed by atoms with Gasteiger partial charge >= 0.3 is 0 Å². The molecule has 0 unspecified atom stereocenters. The summed E-state index contributed by atoms with van der Waals surface area (Å²) in [5.74, 6) is 0.544. The number of rotatable bonds is 8. The number of carbonyl (C=O) groups excluding carboxylic acids is 1. The molecule has 1 N–H and O–H groups in total. The van der Waals surface area contributed by atoms with Crippen molar-refractivity contribution in [2.45, 2.75) is 13.0 Å². The van der Waals surface area contributed by atoms with Gasteiger partial charge in [-0.3, -0.25) is 4.79 Å². The summed E-state index contributed by atoms with van der Waals surface area (Å²) in [5, 5.41) is 2.88. The van der Waals surface area contributed by atoms with Crippen LogP contribution < -0.4 is 14.8 Å². The molecule has 1 atom stereocenters. The van der Waals surface area contributed by atoms with Crippen molar-refractivity contribution in [1.29, 1.82) is 0 Å². The van der Waals surface area contributed by atoms with E-state index in [-0.39, 0.29) is 17.8 Å². The van der Waals surface area contributed by atoms with Crippen molar-refractivity contribution in [2.75, 3.05) is 27.4 Å². The van der Waals surface area contributed by atoms with Gasteiger partial charge in [0.15, 0.2) is 11.5 Å². The van der Waals surface area contributed by atoms with Gasteiger partial charge in [0.2, 0.25) is 0 Å². The summed E-state index contributed by atoms with van der Waals surface area (Å²) >= 11 is 0. The Morgan fingerprint density at radius 3 is 2.44 bits per heavy atom. The molecule has 0 aliphatic carbocycles. The molecule has 2 rings (SSSR count). The lowest BCUT2D eigenvalue weighted by Gasteiger charge is -2.17. The quantitative estimate of drug-likeness (QED) is 0.744. The fourth-order valence-corrected chi connectivity index (χ4v) is 2.27. The van der Waals surface area contributed by atoms with E-state index >= 15 is 0 Å². The van der Waals surface area contributed by atoms with Crippen LogP contribution in [0.4, 0.5) is 4.39 Å². The van der Waals surface area contributed by atoms with Crippen molar-refractivity contribution in [3.05, 3.63) is 59.4 Å². The third-order valence-electron chi connectivity index (χ3n) is 3.69. The molecular formula is C19H22FNO4. The van der Waals surface area contributed by atoms with E-state index < -0.39 is 0 Å². The molecule has 0 bridgehead atoms. The van der Waals surface area contributed by atoms with E-state index in [0.29, 0.717) is 30.3 Å². The predicted molar refractivity (Wildman–Crippen MR) is 92.6 cm³/mol. The van der Waals surface area contributed by atoms with E-state index in [4.69, 9.17) is 14.2 Å². The van der Waals surface area contributed by atoms with Crippen LogP contribution in [0.1, 0.15) is 28.9 Å². The molecule has 6 heteroatoms. The van der Waals surface area contributed by atoms with Crippen molar-refractivity contribution in [2.24, 2.45) is 0 Å². The van der Waals surface area contributed by atoms with Gasteiger partial charge < -0.3 is 19.5 Å². The molecule has 0 aliphatic heterocycles. The minimum Gasteiger partial charge on any atom is -0.493 e. The maximum atomic E-state index is 12.9. The second-order valence-electron chi connectivity index (χ2n) is 5.45.